The maximum Gasteiger partial charge on any atom is 0.396 e. The summed E-state index contributed by atoms with van der Waals surface area (Å²) in [6.07, 6.45) is 0. The molecule has 0 atom stereocenters. The maximum atomic E-state index is 11.5. The van der Waals surface area contributed by atoms with Gasteiger partial charge in [-0.05, 0) is 31.2 Å². The zero-order valence-corrected chi connectivity index (χ0v) is 11.4. The summed E-state index contributed by atoms with van der Waals surface area (Å²) in [5.41, 5.74) is 0.997. The lowest BCUT2D eigenvalue weighted by Crippen LogP contribution is -1.96. The van der Waals surface area contributed by atoms with Crippen LogP contribution in [0.3, 0.4) is 0 Å². The minimum atomic E-state index is -0.346. The molecule has 0 bridgehead atoms. The first-order valence-electron chi connectivity index (χ1n) is 5.95. The van der Waals surface area contributed by atoms with Gasteiger partial charge >= 0.3 is 4.94 Å². The minimum absolute atomic E-state index is 0.0660. The third-order valence-corrected chi connectivity index (χ3v) is 3.60. The first-order valence-corrected chi connectivity index (χ1v) is 6.76. The Kier molecular flexibility index (Phi) is 3.12. The van der Waals surface area contributed by atoms with Gasteiger partial charge in [0.25, 0.3) is 0 Å². The molecular formula is C15H10O4S. The SMILES string of the molecule is CC(=O)c1ccccc1Oc1ccc2sc(=O)oc2c1. The summed E-state index contributed by atoms with van der Waals surface area (Å²) in [7, 11) is 0. The van der Waals surface area contributed by atoms with Gasteiger partial charge in [0.15, 0.2) is 11.4 Å². The molecule has 20 heavy (non-hydrogen) atoms. The molecule has 0 aliphatic carbocycles. The van der Waals surface area contributed by atoms with E-state index in [1.54, 1.807) is 42.5 Å². The number of para-hydroxylation sites is 1. The maximum absolute atomic E-state index is 11.5. The average molecular weight is 286 g/mol. The van der Waals surface area contributed by atoms with Gasteiger partial charge in [0.05, 0.1) is 10.3 Å². The molecule has 0 aliphatic heterocycles. The van der Waals surface area contributed by atoms with E-state index in [9.17, 15) is 9.59 Å². The van der Waals surface area contributed by atoms with Crippen LogP contribution < -0.4 is 9.68 Å². The standard InChI is InChI=1S/C15H10O4S/c1-9(16)11-4-2-3-5-12(11)18-10-6-7-14-13(8-10)19-15(17)20-14/h2-8H,1H3. The normalized spacial score (nSPS) is 10.7. The van der Waals surface area contributed by atoms with Crippen LogP contribution in [-0.4, -0.2) is 5.78 Å². The third-order valence-electron chi connectivity index (χ3n) is 2.80. The second kappa shape index (κ2) is 4.94. The smallest absolute Gasteiger partial charge is 0.396 e. The van der Waals surface area contributed by atoms with Gasteiger partial charge in [-0.3, -0.25) is 4.79 Å². The molecule has 0 saturated heterocycles. The van der Waals surface area contributed by atoms with Gasteiger partial charge in [-0.2, -0.15) is 0 Å². The molecule has 0 aliphatic rings. The van der Waals surface area contributed by atoms with Gasteiger partial charge in [-0.1, -0.05) is 23.5 Å². The van der Waals surface area contributed by atoms with Crippen molar-refractivity contribution in [3.8, 4) is 11.5 Å². The summed E-state index contributed by atoms with van der Waals surface area (Å²) < 4.78 is 11.5. The minimum Gasteiger partial charge on any atom is -0.456 e. The summed E-state index contributed by atoms with van der Waals surface area (Å²) in [5, 5.41) is 0. The number of carbonyl (C=O) groups excluding carboxylic acids is 1. The van der Waals surface area contributed by atoms with Crippen LogP contribution in [0.25, 0.3) is 10.3 Å². The number of ether oxygens (including phenoxy) is 1. The van der Waals surface area contributed by atoms with Crippen LogP contribution >= 0.6 is 11.3 Å². The van der Waals surface area contributed by atoms with E-state index >= 15 is 0 Å². The van der Waals surface area contributed by atoms with Crippen LogP contribution in [0.4, 0.5) is 0 Å². The molecule has 0 saturated carbocycles. The molecule has 0 fully saturated rings. The zero-order valence-electron chi connectivity index (χ0n) is 10.6. The van der Waals surface area contributed by atoms with Crippen molar-refractivity contribution >= 4 is 27.4 Å². The van der Waals surface area contributed by atoms with Crippen molar-refractivity contribution in [1.29, 1.82) is 0 Å². The Hall–Kier alpha value is -2.40. The first kappa shape index (κ1) is 12.6. The Labute approximate surface area is 118 Å². The van der Waals surface area contributed by atoms with Gasteiger partial charge < -0.3 is 9.15 Å². The van der Waals surface area contributed by atoms with Crippen molar-refractivity contribution in [3.05, 3.63) is 57.8 Å². The number of hydrogen-bond donors (Lipinski definition) is 0. The lowest BCUT2D eigenvalue weighted by atomic mass is 10.1. The quantitative estimate of drug-likeness (QED) is 0.686. The van der Waals surface area contributed by atoms with Gasteiger partial charge in [0.2, 0.25) is 0 Å². The highest BCUT2D eigenvalue weighted by Crippen LogP contribution is 2.29. The fraction of sp³-hybridized carbons (Fsp3) is 0.0667. The largest absolute Gasteiger partial charge is 0.456 e. The third kappa shape index (κ3) is 2.35. The van der Waals surface area contributed by atoms with Gasteiger partial charge in [-0.25, -0.2) is 4.79 Å². The van der Waals surface area contributed by atoms with E-state index in [-0.39, 0.29) is 10.7 Å². The lowest BCUT2D eigenvalue weighted by Gasteiger charge is -2.08. The second-order valence-corrected chi connectivity index (χ2v) is 5.19. The van der Waals surface area contributed by atoms with E-state index in [1.807, 2.05) is 0 Å². The number of rotatable bonds is 3. The summed E-state index contributed by atoms with van der Waals surface area (Å²) in [4.78, 5) is 22.4. The zero-order chi connectivity index (χ0) is 14.1. The monoisotopic (exact) mass is 286 g/mol. The van der Waals surface area contributed by atoms with Crippen molar-refractivity contribution in [1.82, 2.24) is 0 Å². The van der Waals surface area contributed by atoms with Crippen molar-refractivity contribution < 1.29 is 13.9 Å². The van der Waals surface area contributed by atoms with Crippen LogP contribution in [0.1, 0.15) is 17.3 Å². The fourth-order valence-corrected chi connectivity index (χ4v) is 2.54. The topological polar surface area (TPSA) is 56.5 Å². The van der Waals surface area contributed by atoms with Crippen molar-refractivity contribution in [2.75, 3.05) is 0 Å². The molecule has 2 aromatic carbocycles. The van der Waals surface area contributed by atoms with Gasteiger partial charge in [-0.15, -0.1) is 0 Å². The summed E-state index contributed by atoms with van der Waals surface area (Å²) in [6, 6.07) is 12.2. The number of Topliss-reactive ketones (excluding diaryl/α,β-unsaturated/α-hetero) is 1. The molecule has 0 N–H and O–H groups in total. The van der Waals surface area contributed by atoms with Crippen LogP contribution in [-0.2, 0) is 0 Å². The van der Waals surface area contributed by atoms with Crippen LogP contribution in [0.2, 0.25) is 0 Å². The highest BCUT2D eigenvalue weighted by atomic mass is 32.1. The number of carbonyl (C=O) groups is 1. The van der Waals surface area contributed by atoms with Crippen molar-refractivity contribution in [2.45, 2.75) is 6.92 Å². The van der Waals surface area contributed by atoms with E-state index < -0.39 is 0 Å². The van der Waals surface area contributed by atoms with Crippen LogP contribution in [0.5, 0.6) is 11.5 Å². The van der Waals surface area contributed by atoms with E-state index in [0.717, 1.165) is 16.0 Å². The molecule has 3 aromatic rings. The van der Waals surface area contributed by atoms with E-state index in [4.69, 9.17) is 9.15 Å². The Morgan fingerprint density at radius 1 is 1.20 bits per heavy atom. The molecule has 1 heterocycles. The summed E-state index contributed by atoms with van der Waals surface area (Å²) in [5.74, 6) is 0.938. The van der Waals surface area contributed by atoms with E-state index in [2.05, 4.69) is 0 Å². The predicted octanol–water partition coefficient (Wildman–Crippen LogP) is 3.85. The Bertz CT molecular complexity index is 844. The second-order valence-electron chi connectivity index (χ2n) is 4.22. The number of benzene rings is 2. The number of fused-ring (bicyclic) bond motifs is 1. The van der Waals surface area contributed by atoms with E-state index in [1.165, 1.54) is 6.92 Å². The van der Waals surface area contributed by atoms with Gasteiger partial charge in [0, 0.05) is 6.07 Å². The van der Waals surface area contributed by atoms with Crippen molar-refractivity contribution in [3.63, 3.8) is 0 Å². The molecule has 100 valence electrons. The molecular weight excluding hydrogens is 276 g/mol. The molecule has 3 rings (SSSR count). The summed E-state index contributed by atoms with van der Waals surface area (Å²) in [6.45, 7) is 1.49. The molecule has 0 unspecified atom stereocenters. The number of hydrogen-bond acceptors (Lipinski definition) is 5. The molecule has 5 heteroatoms. The Balaban J connectivity index is 2.00. The lowest BCUT2D eigenvalue weighted by molar-refractivity contribution is 0.101. The highest BCUT2D eigenvalue weighted by molar-refractivity contribution is 7.16. The molecule has 1 aromatic heterocycles. The molecule has 0 amide bonds. The predicted molar refractivity (Wildman–Crippen MR) is 76.9 cm³/mol. The molecule has 4 nitrogen and oxygen atoms in total. The first-order chi connectivity index (χ1) is 9.63. The van der Waals surface area contributed by atoms with E-state index in [0.29, 0.717) is 22.6 Å². The fourth-order valence-electron chi connectivity index (χ4n) is 1.89. The Morgan fingerprint density at radius 3 is 2.80 bits per heavy atom. The average Bonchev–Trinajstić information content (AvgIpc) is 2.78. The summed E-state index contributed by atoms with van der Waals surface area (Å²) >= 11 is 1.04. The van der Waals surface area contributed by atoms with Gasteiger partial charge in [0.1, 0.15) is 11.5 Å². The molecule has 0 spiro atoms. The molecule has 0 radical (unpaired) electrons. The van der Waals surface area contributed by atoms with Crippen LogP contribution in [0, 0.1) is 0 Å². The Morgan fingerprint density at radius 2 is 2.00 bits per heavy atom. The van der Waals surface area contributed by atoms with Crippen LogP contribution in [0.15, 0.2) is 51.7 Å². The number of ketones is 1. The highest BCUT2D eigenvalue weighted by Gasteiger charge is 2.10. The van der Waals surface area contributed by atoms with Crippen molar-refractivity contribution in [2.24, 2.45) is 0 Å².